The van der Waals surface area contributed by atoms with Crippen molar-refractivity contribution in [3.63, 3.8) is 0 Å². The summed E-state index contributed by atoms with van der Waals surface area (Å²) in [5.74, 6) is -0.0620. The summed E-state index contributed by atoms with van der Waals surface area (Å²) in [7, 11) is -3.26. The molecule has 1 aliphatic rings. The summed E-state index contributed by atoms with van der Waals surface area (Å²) >= 11 is 0. The van der Waals surface area contributed by atoms with Crippen LogP contribution in [0.1, 0.15) is 22.5 Å². The predicted octanol–water partition coefficient (Wildman–Crippen LogP) is 3.82. The SMILES string of the molecule is O=C(c1ccc([N+](=O)[O-])cc1)N(Cc1ccc(-c2ccc(F)cc2)o1)[C@@H]1CCS(=O)(=O)C1. The van der Waals surface area contributed by atoms with Gasteiger partial charge in [-0.2, -0.15) is 0 Å². The van der Waals surface area contributed by atoms with E-state index >= 15 is 0 Å². The molecule has 0 bridgehead atoms. The van der Waals surface area contributed by atoms with Crippen LogP contribution in [-0.2, 0) is 16.4 Å². The highest BCUT2D eigenvalue weighted by Crippen LogP contribution is 2.27. The molecule has 1 saturated heterocycles. The van der Waals surface area contributed by atoms with Crippen LogP contribution in [0.2, 0.25) is 0 Å². The monoisotopic (exact) mass is 458 g/mol. The van der Waals surface area contributed by atoms with E-state index in [-0.39, 0.29) is 35.1 Å². The highest BCUT2D eigenvalue weighted by Gasteiger charge is 2.35. The Kier molecular flexibility index (Phi) is 5.79. The molecule has 8 nitrogen and oxygen atoms in total. The molecule has 3 aromatic rings. The Balaban J connectivity index is 1.61. The molecule has 32 heavy (non-hydrogen) atoms. The topological polar surface area (TPSA) is 111 Å². The number of rotatable bonds is 6. The summed E-state index contributed by atoms with van der Waals surface area (Å²) in [6.07, 6.45) is 0.298. The summed E-state index contributed by atoms with van der Waals surface area (Å²) in [5.41, 5.74) is 0.728. The van der Waals surface area contributed by atoms with Crippen molar-refractivity contribution in [3.8, 4) is 11.3 Å². The number of sulfone groups is 1. The molecule has 166 valence electrons. The maximum atomic E-state index is 13.2. The third-order valence-corrected chi connectivity index (χ3v) is 7.10. The number of hydrogen-bond donors (Lipinski definition) is 0. The number of amides is 1. The third kappa shape index (κ3) is 4.70. The molecule has 10 heteroatoms. The second kappa shape index (κ2) is 8.54. The number of nitro groups is 1. The Morgan fingerprint density at radius 2 is 1.78 bits per heavy atom. The first-order valence-corrected chi connectivity index (χ1v) is 11.6. The van der Waals surface area contributed by atoms with Gasteiger partial charge in [0.05, 0.1) is 23.0 Å². The van der Waals surface area contributed by atoms with Crippen LogP contribution in [-0.4, -0.2) is 41.7 Å². The molecule has 2 heterocycles. The van der Waals surface area contributed by atoms with Crippen molar-refractivity contribution >= 4 is 21.4 Å². The molecule has 0 aliphatic carbocycles. The third-order valence-electron chi connectivity index (χ3n) is 5.35. The number of carbonyl (C=O) groups is 1. The summed E-state index contributed by atoms with van der Waals surface area (Å²) in [6.45, 7) is 0.0250. The summed E-state index contributed by atoms with van der Waals surface area (Å²) in [6, 6.07) is 13.8. The lowest BCUT2D eigenvalue weighted by molar-refractivity contribution is -0.384. The standard InChI is InChI=1S/C22H19FN2O6S/c23-17-5-1-15(2-6-17)21-10-9-20(31-21)13-24(19-11-12-32(29,30)14-19)22(26)16-3-7-18(8-4-16)25(27)28/h1-10,19H,11-14H2/t19-/m1/s1. The Morgan fingerprint density at radius 3 is 2.38 bits per heavy atom. The van der Waals surface area contributed by atoms with Crippen molar-refractivity contribution < 1.29 is 26.9 Å². The van der Waals surface area contributed by atoms with E-state index in [0.29, 0.717) is 23.5 Å². The molecular formula is C22H19FN2O6S. The van der Waals surface area contributed by atoms with E-state index in [9.17, 15) is 27.7 Å². The number of furan rings is 1. The second-order valence-electron chi connectivity index (χ2n) is 7.57. The van der Waals surface area contributed by atoms with Crippen LogP contribution in [0.4, 0.5) is 10.1 Å². The van der Waals surface area contributed by atoms with Gasteiger partial charge in [0.1, 0.15) is 17.3 Å². The van der Waals surface area contributed by atoms with Crippen LogP contribution in [0.25, 0.3) is 11.3 Å². The minimum absolute atomic E-state index is 0.0132. The molecule has 1 amide bonds. The normalized spacial score (nSPS) is 17.2. The van der Waals surface area contributed by atoms with E-state index in [1.807, 2.05) is 0 Å². The Bertz CT molecular complexity index is 1250. The van der Waals surface area contributed by atoms with E-state index < -0.39 is 26.7 Å². The number of nitrogens with zero attached hydrogens (tertiary/aromatic N) is 2. The lowest BCUT2D eigenvalue weighted by atomic mass is 10.1. The van der Waals surface area contributed by atoms with E-state index in [2.05, 4.69) is 0 Å². The first-order chi connectivity index (χ1) is 15.2. The van der Waals surface area contributed by atoms with Gasteiger partial charge >= 0.3 is 0 Å². The van der Waals surface area contributed by atoms with Gasteiger partial charge in [-0.25, -0.2) is 12.8 Å². The van der Waals surface area contributed by atoms with Gasteiger partial charge in [-0.15, -0.1) is 0 Å². The van der Waals surface area contributed by atoms with Gasteiger partial charge < -0.3 is 9.32 Å². The summed E-state index contributed by atoms with van der Waals surface area (Å²) in [5, 5.41) is 10.9. The van der Waals surface area contributed by atoms with Crippen molar-refractivity contribution in [2.75, 3.05) is 11.5 Å². The van der Waals surface area contributed by atoms with Crippen LogP contribution >= 0.6 is 0 Å². The fourth-order valence-corrected chi connectivity index (χ4v) is 5.41. The van der Waals surface area contributed by atoms with E-state index in [4.69, 9.17) is 4.42 Å². The molecule has 1 fully saturated rings. The van der Waals surface area contributed by atoms with Crippen molar-refractivity contribution in [1.29, 1.82) is 0 Å². The van der Waals surface area contributed by atoms with Crippen LogP contribution in [0.3, 0.4) is 0 Å². The van der Waals surface area contributed by atoms with Gasteiger partial charge in [0.2, 0.25) is 0 Å². The molecule has 0 unspecified atom stereocenters. The van der Waals surface area contributed by atoms with E-state index in [0.717, 1.165) is 0 Å². The largest absolute Gasteiger partial charge is 0.459 e. The number of non-ortho nitro benzene ring substituents is 1. The average molecular weight is 458 g/mol. The number of carbonyl (C=O) groups excluding carboxylic acids is 1. The smallest absolute Gasteiger partial charge is 0.269 e. The maximum absolute atomic E-state index is 13.2. The van der Waals surface area contributed by atoms with Crippen LogP contribution in [0, 0.1) is 15.9 Å². The zero-order valence-electron chi connectivity index (χ0n) is 16.8. The molecule has 1 atom stereocenters. The van der Waals surface area contributed by atoms with Crippen molar-refractivity contribution in [2.24, 2.45) is 0 Å². The fourth-order valence-electron chi connectivity index (χ4n) is 3.68. The van der Waals surface area contributed by atoms with E-state index in [1.54, 1.807) is 24.3 Å². The molecule has 1 aliphatic heterocycles. The molecule has 0 spiro atoms. The Labute approximate surface area is 183 Å². The Morgan fingerprint density at radius 1 is 1.09 bits per heavy atom. The number of hydrogen-bond acceptors (Lipinski definition) is 6. The quantitative estimate of drug-likeness (QED) is 0.410. The van der Waals surface area contributed by atoms with Gasteiger partial charge in [-0.05, 0) is 55.0 Å². The molecule has 0 N–H and O–H groups in total. The van der Waals surface area contributed by atoms with Gasteiger partial charge in [0, 0.05) is 29.3 Å². The first-order valence-electron chi connectivity index (χ1n) is 9.82. The van der Waals surface area contributed by atoms with Gasteiger partial charge in [0.25, 0.3) is 11.6 Å². The van der Waals surface area contributed by atoms with Crippen molar-refractivity contribution in [1.82, 2.24) is 4.90 Å². The van der Waals surface area contributed by atoms with Gasteiger partial charge in [0.15, 0.2) is 9.84 Å². The van der Waals surface area contributed by atoms with Crippen LogP contribution in [0.15, 0.2) is 65.1 Å². The summed E-state index contributed by atoms with van der Waals surface area (Å²) < 4.78 is 43.1. The van der Waals surface area contributed by atoms with Gasteiger partial charge in [-0.1, -0.05) is 0 Å². The zero-order chi connectivity index (χ0) is 22.9. The molecular weight excluding hydrogens is 439 g/mol. The van der Waals surface area contributed by atoms with Crippen LogP contribution < -0.4 is 0 Å². The molecule has 2 aromatic carbocycles. The average Bonchev–Trinajstić information content (AvgIpc) is 3.38. The molecule has 1 aromatic heterocycles. The Hall–Kier alpha value is -3.53. The highest BCUT2D eigenvalue weighted by molar-refractivity contribution is 7.91. The lowest BCUT2D eigenvalue weighted by Gasteiger charge is -2.27. The van der Waals surface area contributed by atoms with Crippen LogP contribution in [0.5, 0.6) is 0 Å². The second-order valence-corrected chi connectivity index (χ2v) is 9.80. The maximum Gasteiger partial charge on any atom is 0.269 e. The number of benzene rings is 2. The lowest BCUT2D eigenvalue weighted by Crippen LogP contribution is -2.40. The minimum atomic E-state index is -3.26. The molecule has 0 radical (unpaired) electrons. The predicted molar refractivity (Wildman–Crippen MR) is 114 cm³/mol. The van der Waals surface area contributed by atoms with E-state index in [1.165, 1.54) is 41.3 Å². The van der Waals surface area contributed by atoms with Crippen molar-refractivity contribution in [3.05, 3.63) is 87.9 Å². The number of halogens is 1. The highest BCUT2D eigenvalue weighted by atomic mass is 32.2. The van der Waals surface area contributed by atoms with Crippen molar-refractivity contribution in [2.45, 2.75) is 19.0 Å². The number of nitro benzene ring substituents is 1. The minimum Gasteiger partial charge on any atom is -0.459 e. The summed E-state index contributed by atoms with van der Waals surface area (Å²) in [4.78, 5) is 25.0. The first kappa shape index (κ1) is 21.7. The molecule has 4 rings (SSSR count). The van der Waals surface area contributed by atoms with Gasteiger partial charge in [-0.3, -0.25) is 14.9 Å². The fraction of sp³-hybridized carbons (Fsp3) is 0.227. The molecule has 0 saturated carbocycles. The zero-order valence-corrected chi connectivity index (χ0v) is 17.6.